The van der Waals surface area contributed by atoms with E-state index in [-0.39, 0.29) is 23.1 Å². The van der Waals surface area contributed by atoms with E-state index < -0.39 is 0 Å². The third-order valence-corrected chi connectivity index (χ3v) is 6.28. The number of ketones is 1. The first-order chi connectivity index (χ1) is 16.0. The largest absolute Gasteiger partial charge is 0.507 e. The number of rotatable bonds is 4. The van der Waals surface area contributed by atoms with Crippen molar-refractivity contribution in [3.05, 3.63) is 94.0 Å². The number of anilines is 1. The van der Waals surface area contributed by atoms with E-state index in [1.165, 1.54) is 12.1 Å². The van der Waals surface area contributed by atoms with Gasteiger partial charge in [-0.05, 0) is 60.2 Å². The van der Waals surface area contributed by atoms with Crippen molar-refractivity contribution >= 4 is 29.1 Å². The molecule has 0 unspecified atom stereocenters. The summed E-state index contributed by atoms with van der Waals surface area (Å²) in [5, 5.41) is 11.2. The summed E-state index contributed by atoms with van der Waals surface area (Å²) in [7, 11) is 0. The molecule has 0 bridgehead atoms. The topological polar surface area (TPSA) is 53.0 Å². The van der Waals surface area contributed by atoms with Crippen LogP contribution in [-0.4, -0.2) is 42.0 Å². The summed E-state index contributed by atoms with van der Waals surface area (Å²) >= 11 is 5.94. The molecule has 0 aromatic heterocycles. The van der Waals surface area contributed by atoms with E-state index in [0.29, 0.717) is 28.4 Å². The van der Waals surface area contributed by atoms with E-state index >= 15 is 0 Å². The van der Waals surface area contributed by atoms with Gasteiger partial charge in [0.05, 0.1) is 11.1 Å². The summed E-state index contributed by atoms with van der Waals surface area (Å²) in [6.07, 6.45) is 1.68. The van der Waals surface area contributed by atoms with Gasteiger partial charge in [0.15, 0.2) is 5.76 Å². The molecule has 5 rings (SSSR count). The Morgan fingerprint density at radius 3 is 2.36 bits per heavy atom. The van der Waals surface area contributed by atoms with E-state index in [2.05, 4.69) is 9.80 Å². The Kier molecular flexibility index (Phi) is 5.79. The lowest BCUT2D eigenvalue weighted by Crippen LogP contribution is -2.46. The summed E-state index contributed by atoms with van der Waals surface area (Å²) in [5.74, 6) is 0.295. The van der Waals surface area contributed by atoms with Gasteiger partial charge >= 0.3 is 0 Å². The number of carbonyl (C=O) groups is 1. The number of hydrogen-bond acceptors (Lipinski definition) is 5. The van der Waals surface area contributed by atoms with Crippen molar-refractivity contribution in [3.63, 3.8) is 0 Å². The Labute approximate surface area is 196 Å². The van der Waals surface area contributed by atoms with Crippen LogP contribution in [0.1, 0.15) is 21.5 Å². The first kappa shape index (κ1) is 21.5. The Balaban J connectivity index is 1.32. The zero-order chi connectivity index (χ0) is 22.9. The number of phenolic OH excluding ortho intramolecular Hbond substituents is 1. The predicted octanol–water partition coefficient (Wildman–Crippen LogP) is 5.12. The minimum atomic E-state index is -0.246. The molecule has 7 heteroatoms. The number of piperazine rings is 1. The van der Waals surface area contributed by atoms with Crippen LogP contribution in [-0.2, 0) is 6.54 Å². The van der Waals surface area contributed by atoms with Gasteiger partial charge < -0.3 is 14.7 Å². The van der Waals surface area contributed by atoms with Crippen molar-refractivity contribution in [2.75, 3.05) is 31.1 Å². The Hall–Kier alpha value is -3.35. The average Bonchev–Trinajstić information content (AvgIpc) is 3.14. The summed E-state index contributed by atoms with van der Waals surface area (Å²) in [4.78, 5) is 17.3. The first-order valence-corrected chi connectivity index (χ1v) is 11.1. The van der Waals surface area contributed by atoms with Crippen LogP contribution in [0.25, 0.3) is 6.08 Å². The SMILES string of the molecule is O=C1/C(=C/c2ccc(Cl)cc2)Oc2c1ccc(O)c2CN1CCN(c2ccc(F)cc2)CC1. The summed E-state index contributed by atoms with van der Waals surface area (Å²) < 4.78 is 19.2. The number of halogens is 2. The fourth-order valence-electron chi connectivity index (χ4n) is 4.20. The molecule has 168 valence electrons. The zero-order valence-corrected chi connectivity index (χ0v) is 18.6. The molecule has 2 aliphatic rings. The number of benzene rings is 3. The van der Waals surface area contributed by atoms with Gasteiger partial charge in [-0.1, -0.05) is 23.7 Å². The lowest BCUT2D eigenvalue weighted by molar-refractivity contribution is 0.101. The first-order valence-electron chi connectivity index (χ1n) is 10.8. The minimum absolute atomic E-state index is 0.107. The number of aromatic hydroxyl groups is 1. The van der Waals surface area contributed by atoms with Crippen LogP contribution in [0.2, 0.25) is 5.02 Å². The second-order valence-electron chi connectivity index (χ2n) is 8.17. The highest BCUT2D eigenvalue weighted by molar-refractivity contribution is 6.30. The quantitative estimate of drug-likeness (QED) is 0.543. The average molecular weight is 465 g/mol. The number of phenols is 1. The third-order valence-electron chi connectivity index (χ3n) is 6.03. The van der Waals surface area contributed by atoms with Gasteiger partial charge in [-0.15, -0.1) is 0 Å². The Morgan fingerprint density at radius 2 is 1.67 bits per heavy atom. The predicted molar refractivity (Wildman–Crippen MR) is 126 cm³/mol. The lowest BCUT2D eigenvalue weighted by atomic mass is 10.0. The number of nitrogens with zero attached hydrogens (tertiary/aromatic N) is 2. The summed E-state index contributed by atoms with van der Waals surface area (Å²) in [5.41, 5.74) is 2.85. The van der Waals surface area contributed by atoms with Crippen molar-refractivity contribution in [2.24, 2.45) is 0 Å². The normalized spacial score (nSPS) is 17.3. The van der Waals surface area contributed by atoms with Crippen LogP contribution in [0.4, 0.5) is 10.1 Å². The van der Waals surface area contributed by atoms with Gasteiger partial charge in [-0.2, -0.15) is 0 Å². The van der Waals surface area contributed by atoms with Crippen LogP contribution in [0.3, 0.4) is 0 Å². The van der Waals surface area contributed by atoms with Crippen molar-refractivity contribution in [3.8, 4) is 11.5 Å². The molecule has 0 saturated carbocycles. The molecule has 0 radical (unpaired) electrons. The van der Waals surface area contributed by atoms with Crippen molar-refractivity contribution in [1.82, 2.24) is 4.90 Å². The van der Waals surface area contributed by atoms with Gasteiger partial charge in [0.1, 0.15) is 17.3 Å². The van der Waals surface area contributed by atoms with Crippen LogP contribution < -0.4 is 9.64 Å². The van der Waals surface area contributed by atoms with Crippen LogP contribution in [0, 0.1) is 5.82 Å². The number of carbonyl (C=O) groups excluding carboxylic acids is 1. The fraction of sp³-hybridized carbons (Fsp3) is 0.192. The fourth-order valence-corrected chi connectivity index (χ4v) is 4.33. The molecular formula is C26H22ClFN2O3. The van der Waals surface area contributed by atoms with Crippen LogP contribution in [0.5, 0.6) is 11.5 Å². The molecule has 5 nitrogen and oxygen atoms in total. The molecule has 0 aliphatic carbocycles. The van der Waals surface area contributed by atoms with Crippen molar-refractivity contribution < 1.29 is 19.0 Å². The molecule has 2 aliphatic heterocycles. The number of hydrogen-bond donors (Lipinski definition) is 1. The Bertz CT molecular complexity index is 1220. The molecular weight excluding hydrogens is 443 g/mol. The highest BCUT2D eigenvalue weighted by Gasteiger charge is 2.32. The maximum Gasteiger partial charge on any atom is 0.231 e. The van der Waals surface area contributed by atoms with Gasteiger partial charge in [-0.3, -0.25) is 9.69 Å². The second-order valence-corrected chi connectivity index (χ2v) is 8.61. The maximum atomic E-state index is 13.2. The molecule has 3 aromatic rings. The number of allylic oxidation sites excluding steroid dienone is 1. The molecule has 0 atom stereocenters. The van der Waals surface area contributed by atoms with Gasteiger partial charge in [0, 0.05) is 43.4 Å². The number of ether oxygens (including phenoxy) is 1. The van der Waals surface area contributed by atoms with Crippen molar-refractivity contribution in [2.45, 2.75) is 6.54 Å². The van der Waals surface area contributed by atoms with Crippen LogP contribution >= 0.6 is 11.6 Å². The highest BCUT2D eigenvalue weighted by atomic mass is 35.5. The number of fused-ring (bicyclic) bond motifs is 1. The molecule has 0 spiro atoms. The van der Waals surface area contributed by atoms with Gasteiger partial charge in [0.25, 0.3) is 0 Å². The Morgan fingerprint density at radius 1 is 0.970 bits per heavy atom. The molecule has 0 amide bonds. The van der Waals surface area contributed by atoms with Crippen LogP contribution in [0.15, 0.2) is 66.4 Å². The maximum absolute atomic E-state index is 13.2. The summed E-state index contributed by atoms with van der Waals surface area (Å²) in [6, 6.07) is 16.8. The van der Waals surface area contributed by atoms with E-state index in [0.717, 1.165) is 37.4 Å². The highest BCUT2D eigenvalue weighted by Crippen LogP contribution is 2.40. The standard InChI is InChI=1S/C26H22ClFN2O3/c27-18-3-1-17(2-4-18)15-24-25(32)21-9-10-23(31)22(26(21)33-24)16-29-11-13-30(14-12-29)20-7-5-19(28)6-8-20/h1-10,15,31H,11-14,16H2/b24-15-. The number of Topliss-reactive ketones (excluding diaryl/α,β-unsaturated/α-hetero) is 1. The van der Waals surface area contributed by atoms with Crippen molar-refractivity contribution in [1.29, 1.82) is 0 Å². The molecule has 2 heterocycles. The summed E-state index contributed by atoms with van der Waals surface area (Å²) in [6.45, 7) is 3.56. The molecule has 1 N–H and O–H groups in total. The molecule has 1 fully saturated rings. The molecule has 3 aromatic carbocycles. The van der Waals surface area contributed by atoms with E-state index in [1.807, 2.05) is 12.1 Å². The van der Waals surface area contributed by atoms with E-state index in [1.54, 1.807) is 42.5 Å². The van der Waals surface area contributed by atoms with E-state index in [9.17, 15) is 14.3 Å². The smallest absolute Gasteiger partial charge is 0.231 e. The monoisotopic (exact) mass is 464 g/mol. The zero-order valence-electron chi connectivity index (χ0n) is 17.8. The lowest BCUT2D eigenvalue weighted by Gasteiger charge is -2.36. The van der Waals surface area contributed by atoms with Gasteiger partial charge in [-0.25, -0.2) is 4.39 Å². The van der Waals surface area contributed by atoms with E-state index in [4.69, 9.17) is 16.3 Å². The third kappa shape index (κ3) is 4.45. The minimum Gasteiger partial charge on any atom is -0.507 e. The molecule has 33 heavy (non-hydrogen) atoms. The molecule has 1 saturated heterocycles. The van der Waals surface area contributed by atoms with Gasteiger partial charge in [0.2, 0.25) is 5.78 Å². The second kappa shape index (κ2) is 8.89.